The number of rotatable bonds is 14. The summed E-state index contributed by atoms with van der Waals surface area (Å²) >= 11 is 6.40. The summed E-state index contributed by atoms with van der Waals surface area (Å²) in [6.07, 6.45) is -5.25. The Balaban J connectivity index is 2.45. The highest BCUT2D eigenvalue weighted by Gasteiger charge is 2.42. The number of ether oxygens (including phenoxy) is 7. The van der Waals surface area contributed by atoms with Gasteiger partial charge in [0, 0.05) is 38.6 Å². The Hall–Kier alpha value is -4.77. The summed E-state index contributed by atoms with van der Waals surface area (Å²) in [5.41, 5.74) is 1.15. The van der Waals surface area contributed by atoms with Gasteiger partial charge in [0.25, 0.3) is 5.91 Å². The van der Waals surface area contributed by atoms with Crippen molar-refractivity contribution in [3.63, 3.8) is 0 Å². The quantitative estimate of drug-likeness (QED) is 0.168. The van der Waals surface area contributed by atoms with Crippen LogP contribution >= 0.6 is 23.6 Å². The van der Waals surface area contributed by atoms with Gasteiger partial charge in [-0.1, -0.05) is 6.07 Å². The van der Waals surface area contributed by atoms with E-state index in [1.807, 2.05) is 0 Å². The van der Waals surface area contributed by atoms with Crippen LogP contribution in [0.2, 0.25) is 0 Å². The highest BCUT2D eigenvalue weighted by atomic mass is 32.1. The van der Waals surface area contributed by atoms with Crippen molar-refractivity contribution in [2.75, 3.05) is 32.8 Å². The lowest BCUT2D eigenvalue weighted by Crippen LogP contribution is -2.55. The summed E-state index contributed by atoms with van der Waals surface area (Å²) in [5.74, 6) is -4.44. The van der Waals surface area contributed by atoms with Gasteiger partial charge < -0.3 is 38.5 Å². The Kier molecular flexibility index (Phi) is 14.4. The minimum absolute atomic E-state index is 0.0686. The zero-order valence-electron chi connectivity index (χ0n) is 26.1. The number of carbonyl (C=O) groups excluding carboxylic acids is 6. The van der Waals surface area contributed by atoms with Gasteiger partial charge in [-0.05, 0) is 36.8 Å². The van der Waals surface area contributed by atoms with Crippen molar-refractivity contribution >= 4 is 69.4 Å². The van der Waals surface area contributed by atoms with Crippen LogP contribution in [-0.2, 0) is 47.7 Å². The molecule has 1 aromatic carbocycles. The van der Waals surface area contributed by atoms with Crippen LogP contribution in [0.25, 0.3) is 11.1 Å². The first kappa shape index (κ1) is 37.4. The monoisotopic (exact) mass is 682 g/mol. The van der Waals surface area contributed by atoms with Gasteiger partial charge in [-0.2, -0.15) is 0 Å². The van der Waals surface area contributed by atoms with E-state index in [9.17, 15) is 28.8 Å². The van der Waals surface area contributed by atoms with Crippen LogP contribution in [0.5, 0.6) is 11.5 Å². The molecule has 1 heterocycles. The molecule has 17 heteroatoms. The summed E-state index contributed by atoms with van der Waals surface area (Å²) in [6.45, 7) is 5.17. The summed E-state index contributed by atoms with van der Waals surface area (Å²) in [4.78, 5) is 73.7. The average Bonchev–Trinajstić information content (AvgIpc) is 3.39. The first-order valence-corrected chi connectivity index (χ1v) is 14.8. The van der Waals surface area contributed by atoms with Crippen molar-refractivity contribution in [3.05, 3.63) is 29.1 Å². The van der Waals surface area contributed by atoms with Crippen molar-refractivity contribution in [2.45, 2.75) is 52.9 Å². The fourth-order valence-corrected chi connectivity index (χ4v) is 5.20. The molecule has 0 aliphatic heterocycles. The van der Waals surface area contributed by atoms with Gasteiger partial charge >= 0.3 is 29.8 Å². The van der Waals surface area contributed by atoms with E-state index in [-0.39, 0.29) is 22.3 Å². The average molecular weight is 683 g/mol. The lowest BCUT2D eigenvalue weighted by molar-refractivity contribution is -0.190. The van der Waals surface area contributed by atoms with Crippen LogP contribution in [0.15, 0.2) is 23.6 Å². The fourth-order valence-electron chi connectivity index (χ4n) is 3.97. The molecule has 0 saturated carbocycles. The molecule has 2 rings (SSSR count). The lowest BCUT2D eigenvalue weighted by atomic mass is 10.0. The van der Waals surface area contributed by atoms with Gasteiger partial charge in [-0.3, -0.25) is 29.3 Å². The second kappa shape index (κ2) is 17.6. The summed E-state index contributed by atoms with van der Waals surface area (Å²) in [5, 5.41) is 6.61. The normalized spacial score (nSPS) is 12.3. The summed E-state index contributed by atoms with van der Waals surface area (Å²) < 4.78 is 36.3. The molecule has 0 aliphatic rings. The third kappa shape index (κ3) is 10.7. The van der Waals surface area contributed by atoms with Gasteiger partial charge in [-0.25, -0.2) is 4.79 Å². The highest BCUT2D eigenvalue weighted by molar-refractivity contribution is 7.80. The number of amides is 1. The number of methoxy groups -OCH3 is 2. The number of esters is 5. The van der Waals surface area contributed by atoms with Gasteiger partial charge in [-0.15, -0.1) is 11.3 Å². The van der Waals surface area contributed by atoms with E-state index < -0.39 is 60.7 Å². The molecule has 3 atom stereocenters. The number of anilines is 1. The van der Waals surface area contributed by atoms with E-state index in [0.717, 1.165) is 39.0 Å². The molecule has 0 aliphatic carbocycles. The Bertz CT molecular complexity index is 1470. The van der Waals surface area contributed by atoms with E-state index in [1.54, 1.807) is 30.5 Å². The highest BCUT2D eigenvalue weighted by Crippen LogP contribution is 2.39. The minimum atomic E-state index is -1.93. The van der Waals surface area contributed by atoms with Crippen LogP contribution in [-0.4, -0.2) is 86.6 Å². The maximum atomic E-state index is 13.4. The van der Waals surface area contributed by atoms with Crippen molar-refractivity contribution in [3.8, 4) is 22.6 Å². The molecule has 2 N–H and O–H groups in total. The van der Waals surface area contributed by atoms with E-state index in [2.05, 4.69) is 10.6 Å². The maximum Gasteiger partial charge on any atom is 0.341 e. The number of carbonyl (C=O) groups is 6. The van der Waals surface area contributed by atoms with Crippen LogP contribution in [0, 0.1) is 0 Å². The molecule has 46 heavy (non-hydrogen) atoms. The molecule has 1 amide bonds. The number of thiophene rings is 1. The Labute approximate surface area is 273 Å². The van der Waals surface area contributed by atoms with Gasteiger partial charge in [0.15, 0.2) is 28.8 Å². The first-order valence-electron chi connectivity index (χ1n) is 13.5. The van der Waals surface area contributed by atoms with Gasteiger partial charge in [0.1, 0.15) is 17.2 Å². The molecule has 0 bridgehead atoms. The topological polar surface area (TPSA) is 191 Å². The third-order valence-corrected chi connectivity index (χ3v) is 6.81. The fraction of sp³-hybridized carbons (Fsp3) is 0.414. The number of benzene rings is 1. The molecular formula is C29H34N2O13S2. The molecule has 0 saturated heterocycles. The van der Waals surface area contributed by atoms with Crippen LogP contribution in [0.3, 0.4) is 0 Å². The summed E-state index contributed by atoms with van der Waals surface area (Å²) in [7, 11) is 2.95. The first-order chi connectivity index (χ1) is 21.7. The molecule has 3 unspecified atom stereocenters. The lowest BCUT2D eigenvalue weighted by Gasteiger charge is -2.30. The third-order valence-electron chi connectivity index (χ3n) is 5.72. The molecule has 0 fully saturated rings. The van der Waals surface area contributed by atoms with Gasteiger partial charge in [0.05, 0.1) is 20.8 Å². The molecule has 1 aromatic heterocycles. The van der Waals surface area contributed by atoms with Crippen molar-refractivity contribution in [1.82, 2.24) is 5.32 Å². The van der Waals surface area contributed by atoms with Crippen molar-refractivity contribution in [2.24, 2.45) is 0 Å². The Morgan fingerprint density at radius 1 is 0.848 bits per heavy atom. The van der Waals surface area contributed by atoms with Gasteiger partial charge in [0.2, 0.25) is 6.10 Å². The zero-order valence-corrected chi connectivity index (χ0v) is 27.7. The van der Waals surface area contributed by atoms with Crippen LogP contribution in [0.1, 0.15) is 45.0 Å². The minimum Gasteiger partial charge on any atom is -0.493 e. The molecule has 15 nitrogen and oxygen atoms in total. The second-order valence-corrected chi connectivity index (χ2v) is 10.4. The smallest absolute Gasteiger partial charge is 0.341 e. The number of nitrogens with one attached hydrogen (secondary N) is 2. The van der Waals surface area contributed by atoms with E-state index >= 15 is 0 Å². The SMILES string of the molecule is CCOC(=O)c1c(-c2ccc(OC)c(OC)c2)csc1NC(=S)NC(=O)C(OC(C)=O)C(OC(C)=O)C(COC(C)=O)OC(C)=O. The molecule has 0 radical (unpaired) electrons. The maximum absolute atomic E-state index is 13.4. The van der Waals surface area contributed by atoms with Crippen LogP contribution < -0.4 is 20.1 Å². The second-order valence-electron chi connectivity index (χ2n) is 9.14. The van der Waals surface area contributed by atoms with E-state index in [1.165, 1.54) is 14.2 Å². The van der Waals surface area contributed by atoms with Crippen LogP contribution in [0.4, 0.5) is 5.00 Å². The number of hydrogen-bond donors (Lipinski definition) is 2. The Morgan fingerprint density at radius 3 is 2.02 bits per heavy atom. The zero-order chi connectivity index (χ0) is 34.6. The van der Waals surface area contributed by atoms with Crippen molar-refractivity contribution < 1.29 is 61.9 Å². The predicted octanol–water partition coefficient (Wildman–Crippen LogP) is 2.78. The van der Waals surface area contributed by atoms with E-state index in [4.69, 9.17) is 45.4 Å². The number of hydrogen-bond acceptors (Lipinski definition) is 15. The Morgan fingerprint density at radius 2 is 1.48 bits per heavy atom. The standard InChI is InChI=1S/C29H34N2O13S2/c1-8-40-28(37)23-19(18-9-10-20(38-6)21(11-18)39-7)13-46-27(23)31-29(45)30-26(36)25(44-17(5)35)24(43-16(4)34)22(42-15(3)33)12-41-14(2)32/h9-11,13,22,24-25H,8,12H2,1-7H3,(H2,30,31,36,45). The molecule has 250 valence electrons. The molecule has 0 spiro atoms. The van der Waals surface area contributed by atoms with Crippen molar-refractivity contribution in [1.29, 1.82) is 0 Å². The summed E-state index contributed by atoms with van der Waals surface area (Å²) in [6, 6.07) is 5.05. The molecular weight excluding hydrogens is 648 g/mol. The van der Waals surface area contributed by atoms with E-state index in [0.29, 0.717) is 22.6 Å². The largest absolute Gasteiger partial charge is 0.493 e. The molecule has 2 aromatic rings. The predicted molar refractivity (Wildman–Crippen MR) is 166 cm³/mol. The number of thiocarbonyl (C=S) groups is 1.